The molecule has 7 heteroatoms. The first-order valence-corrected chi connectivity index (χ1v) is 4.79. The molecule has 0 aromatic heterocycles. The van der Waals surface area contributed by atoms with Gasteiger partial charge in [0.2, 0.25) is 0 Å². The van der Waals surface area contributed by atoms with Crippen LogP contribution in [0.1, 0.15) is 5.56 Å². The second kappa shape index (κ2) is 5.47. The van der Waals surface area contributed by atoms with Crippen LogP contribution in [0.25, 0.3) is 0 Å². The first-order chi connectivity index (χ1) is 6.05. The van der Waals surface area contributed by atoms with Gasteiger partial charge in [-0.15, -0.1) is 0 Å². The van der Waals surface area contributed by atoms with Crippen LogP contribution in [0.3, 0.4) is 0 Å². The van der Waals surface area contributed by atoms with Crippen LogP contribution in [0.5, 0.6) is 0 Å². The maximum atomic E-state index is 10.8. The molecular weight excluding hydrogens is 215 g/mol. The van der Waals surface area contributed by atoms with Crippen molar-refractivity contribution in [1.82, 2.24) is 0 Å². The van der Waals surface area contributed by atoms with Crippen molar-refractivity contribution < 1.29 is 13.0 Å². The molecule has 0 radical (unpaired) electrons. The molecule has 0 aliphatic carbocycles. The Morgan fingerprint density at radius 3 is 2.43 bits per heavy atom. The van der Waals surface area contributed by atoms with Crippen LogP contribution < -0.4 is 5.84 Å². The van der Waals surface area contributed by atoms with E-state index in [0.717, 1.165) is 6.21 Å². The molecule has 14 heavy (non-hydrogen) atoms. The third-order valence-electron chi connectivity index (χ3n) is 1.41. The van der Waals surface area contributed by atoms with Crippen molar-refractivity contribution in [2.75, 3.05) is 0 Å². The maximum absolute atomic E-state index is 10.8. The molecule has 0 heterocycles. The normalized spacial score (nSPS) is 11.2. The quantitative estimate of drug-likeness (QED) is 0.234. The van der Waals surface area contributed by atoms with Gasteiger partial charge in [-0.05, 0) is 6.07 Å². The molecule has 0 aliphatic heterocycles. The molecule has 72 valence electrons. The Morgan fingerprint density at radius 1 is 1.36 bits per heavy atom. The molecule has 1 rings (SSSR count). The van der Waals surface area contributed by atoms with E-state index in [2.05, 4.69) is 5.10 Å². The van der Waals surface area contributed by atoms with Gasteiger partial charge in [-0.2, -0.15) is 13.5 Å². The summed E-state index contributed by atoms with van der Waals surface area (Å²) in [6, 6.07) is 5.87. The van der Waals surface area contributed by atoms with Gasteiger partial charge in [-0.3, -0.25) is 4.55 Å². The number of nitrogens with two attached hydrogens (primary N) is 1. The molecule has 1 aromatic carbocycles. The summed E-state index contributed by atoms with van der Waals surface area (Å²) < 4.78 is 30.3. The van der Waals surface area contributed by atoms with Gasteiger partial charge in [0.25, 0.3) is 10.1 Å². The summed E-state index contributed by atoms with van der Waals surface area (Å²) in [4.78, 5) is -0.204. The fourth-order valence-electron chi connectivity index (χ4n) is 0.902. The summed E-state index contributed by atoms with van der Waals surface area (Å²) in [6.07, 6.45) is 1.16. The van der Waals surface area contributed by atoms with Crippen molar-refractivity contribution in [3.63, 3.8) is 0 Å². The van der Waals surface area contributed by atoms with Crippen molar-refractivity contribution in [3.8, 4) is 0 Å². The van der Waals surface area contributed by atoms with Gasteiger partial charge in [0.15, 0.2) is 0 Å². The number of hydrazone groups is 1. The van der Waals surface area contributed by atoms with Gasteiger partial charge >= 0.3 is 29.6 Å². The summed E-state index contributed by atoms with van der Waals surface area (Å²) in [5.74, 6) is 4.87. The third-order valence-corrected chi connectivity index (χ3v) is 2.34. The molecule has 0 saturated heterocycles. The molecule has 0 atom stereocenters. The van der Waals surface area contributed by atoms with Crippen molar-refractivity contribution in [1.29, 1.82) is 0 Å². The molecule has 0 unspecified atom stereocenters. The minimum absolute atomic E-state index is 0. The topological polar surface area (TPSA) is 92.8 Å². The van der Waals surface area contributed by atoms with Crippen LogP contribution in [-0.4, -0.2) is 48.7 Å². The van der Waals surface area contributed by atoms with Crippen molar-refractivity contribution in [3.05, 3.63) is 29.8 Å². The third kappa shape index (κ3) is 3.39. The second-order valence-corrected chi connectivity index (χ2v) is 3.68. The molecule has 0 saturated carbocycles. The fraction of sp³-hybridized carbons (Fsp3) is 0. The summed E-state index contributed by atoms with van der Waals surface area (Å²) in [7, 11) is -4.20. The van der Waals surface area contributed by atoms with Crippen LogP contribution in [0.4, 0.5) is 0 Å². The van der Waals surface area contributed by atoms with Gasteiger partial charge in [-0.1, -0.05) is 18.2 Å². The molecular formula is C7H9N2NaO3S. The summed E-state index contributed by atoms with van der Waals surface area (Å²) in [5.41, 5.74) is 0.257. The first kappa shape index (κ1) is 13.6. The Balaban J connectivity index is 0.00000169. The van der Waals surface area contributed by atoms with E-state index in [0.29, 0.717) is 0 Å². The Bertz CT molecular complexity index is 430. The number of hydrogen-bond acceptors (Lipinski definition) is 4. The average molecular weight is 224 g/mol. The molecule has 5 nitrogen and oxygen atoms in total. The van der Waals surface area contributed by atoms with Crippen molar-refractivity contribution in [2.24, 2.45) is 10.9 Å². The van der Waals surface area contributed by atoms with Crippen LogP contribution in [0, 0.1) is 0 Å². The monoisotopic (exact) mass is 224 g/mol. The molecule has 0 bridgehead atoms. The number of nitrogens with zero attached hydrogens (tertiary/aromatic N) is 1. The Kier molecular flexibility index (Phi) is 5.32. The van der Waals surface area contributed by atoms with E-state index in [1.807, 2.05) is 0 Å². The van der Waals surface area contributed by atoms with Crippen molar-refractivity contribution >= 4 is 45.9 Å². The first-order valence-electron chi connectivity index (χ1n) is 3.35. The van der Waals surface area contributed by atoms with Gasteiger partial charge in [0, 0.05) is 5.56 Å². The predicted molar refractivity (Wildman–Crippen MR) is 55.2 cm³/mol. The average Bonchev–Trinajstić information content (AvgIpc) is 2.04. The van der Waals surface area contributed by atoms with Gasteiger partial charge in [0.05, 0.1) is 6.21 Å². The fourth-order valence-corrected chi connectivity index (χ4v) is 1.57. The standard InChI is InChI=1S/C7H8N2O3S.Na.H/c8-9-5-6-3-1-2-4-7(6)13(10,11)12;;/h1-5H,8H2,(H,10,11,12);;/b9-5+;;. The summed E-state index contributed by atoms with van der Waals surface area (Å²) >= 11 is 0. The predicted octanol–water partition coefficient (Wildman–Crippen LogP) is -0.423. The minimum atomic E-state index is -4.20. The molecule has 0 amide bonds. The van der Waals surface area contributed by atoms with Gasteiger partial charge < -0.3 is 5.84 Å². The van der Waals surface area contributed by atoms with Crippen LogP contribution in [0.2, 0.25) is 0 Å². The van der Waals surface area contributed by atoms with Gasteiger partial charge in [0.1, 0.15) is 4.90 Å². The van der Waals surface area contributed by atoms with Crippen LogP contribution >= 0.6 is 0 Å². The molecule has 1 aromatic rings. The Labute approximate surface area is 104 Å². The van der Waals surface area contributed by atoms with Crippen LogP contribution in [0.15, 0.2) is 34.3 Å². The second-order valence-electron chi connectivity index (χ2n) is 2.29. The number of hydrogen-bond donors (Lipinski definition) is 2. The summed E-state index contributed by atoms with van der Waals surface area (Å²) in [5, 5.41) is 3.18. The zero-order chi connectivity index (χ0) is 9.90. The van der Waals surface area contributed by atoms with E-state index >= 15 is 0 Å². The number of rotatable bonds is 2. The van der Waals surface area contributed by atoms with Crippen molar-refractivity contribution in [2.45, 2.75) is 4.90 Å². The number of benzene rings is 1. The van der Waals surface area contributed by atoms with E-state index in [1.54, 1.807) is 6.07 Å². The SMILES string of the molecule is N/N=C/c1ccccc1S(=O)(=O)O.[NaH]. The van der Waals surface area contributed by atoms with E-state index in [4.69, 9.17) is 10.4 Å². The zero-order valence-corrected chi connectivity index (χ0v) is 7.40. The molecule has 3 N–H and O–H groups in total. The molecule has 0 spiro atoms. The zero-order valence-electron chi connectivity index (χ0n) is 6.58. The Hall–Kier alpha value is -0.400. The molecule has 0 fully saturated rings. The van der Waals surface area contributed by atoms with E-state index in [-0.39, 0.29) is 40.0 Å². The van der Waals surface area contributed by atoms with Gasteiger partial charge in [-0.25, -0.2) is 0 Å². The summed E-state index contributed by atoms with van der Waals surface area (Å²) in [6.45, 7) is 0. The van der Waals surface area contributed by atoms with Crippen LogP contribution in [-0.2, 0) is 10.1 Å². The van der Waals surface area contributed by atoms with E-state index < -0.39 is 10.1 Å². The Morgan fingerprint density at radius 2 is 1.93 bits per heavy atom. The van der Waals surface area contributed by atoms with E-state index in [9.17, 15) is 8.42 Å². The van der Waals surface area contributed by atoms with E-state index in [1.165, 1.54) is 18.2 Å². The molecule has 0 aliphatic rings.